The molecule has 1 aliphatic heterocycles. The van der Waals surface area contributed by atoms with Gasteiger partial charge in [-0.2, -0.15) is 13.2 Å². The van der Waals surface area contributed by atoms with E-state index in [-0.39, 0.29) is 45.2 Å². The molecule has 7 nitrogen and oxygen atoms in total. The number of halogens is 4. The van der Waals surface area contributed by atoms with E-state index in [1.54, 1.807) is 13.8 Å². The molecule has 5 rings (SSSR count). The van der Waals surface area contributed by atoms with Crippen LogP contribution in [-0.4, -0.2) is 32.9 Å². The van der Waals surface area contributed by atoms with Crippen LogP contribution in [0.5, 0.6) is 0 Å². The number of hydrogen-bond donors (Lipinski definition) is 1. The van der Waals surface area contributed by atoms with Crippen LogP contribution in [0.1, 0.15) is 38.0 Å². The number of hydrogen-bond acceptors (Lipinski definition) is 5. The normalized spacial score (nSPS) is 15.1. The topological polar surface area (TPSA) is 81.8 Å². The molecule has 0 saturated heterocycles. The molecule has 0 amide bonds. The van der Waals surface area contributed by atoms with Crippen LogP contribution in [0, 0.1) is 12.7 Å². The van der Waals surface area contributed by atoms with Crippen molar-refractivity contribution >= 4 is 26.6 Å². The van der Waals surface area contributed by atoms with E-state index in [1.807, 2.05) is 0 Å². The van der Waals surface area contributed by atoms with Gasteiger partial charge in [0, 0.05) is 17.1 Å². The minimum atomic E-state index is -4.96. The van der Waals surface area contributed by atoms with Crippen LogP contribution in [0.3, 0.4) is 0 Å². The van der Waals surface area contributed by atoms with Gasteiger partial charge in [-0.15, -0.1) is 10.2 Å². The van der Waals surface area contributed by atoms with Crippen LogP contribution in [-0.2, 0) is 21.7 Å². The second kappa shape index (κ2) is 7.30. The fourth-order valence-corrected chi connectivity index (χ4v) is 5.66. The Morgan fingerprint density at radius 2 is 1.86 bits per heavy atom. The highest BCUT2D eigenvalue weighted by atomic mass is 32.2. The first kappa shape index (κ1) is 23.3. The van der Waals surface area contributed by atoms with Crippen LogP contribution in [0.2, 0.25) is 0 Å². The summed E-state index contributed by atoms with van der Waals surface area (Å²) in [6, 6.07) is 6.65. The van der Waals surface area contributed by atoms with Crippen molar-refractivity contribution in [3.05, 3.63) is 59.6 Å². The summed E-state index contributed by atoms with van der Waals surface area (Å²) >= 11 is 0. The lowest BCUT2D eigenvalue weighted by Gasteiger charge is -2.36. The zero-order valence-electron chi connectivity index (χ0n) is 19.2. The Hall–Kier alpha value is -3.41. The molecule has 0 atom stereocenters. The maximum Gasteiger partial charge on any atom is 0.419 e. The second-order valence-corrected chi connectivity index (χ2v) is 11.0. The van der Waals surface area contributed by atoms with Crippen molar-refractivity contribution in [1.82, 2.24) is 18.7 Å². The van der Waals surface area contributed by atoms with Crippen molar-refractivity contribution in [1.29, 1.82) is 0 Å². The minimum absolute atomic E-state index is 0.0442. The number of aryl methyl sites for hydroxylation is 1. The predicted molar refractivity (Wildman–Crippen MR) is 123 cm³/mol. The fraction of sp³-hybridized carbons (Fsp3) is 0.304. The van der Waals surface area contributed by atoms with Gasteiger partial charge in [0.2, 0.25) is 10.0 Å². The third-order valence-electron chi connectivity index (χ3n) is 6.22. The lowest BCUT2D eigenvalue weighted by Crippen LogP contribution is -2.37. The molecular formula is C23H21F4N5O2S. The van der Waals surface area contributed by atoms with E-state index in [4.69, 9.17) is 0 Å². The molecule has 3 heterocycles. The van der Waals surface area contributed by atoms with E-state index in [2.05, 4.69) is 15.5 Å². The predicted octanol–water partition coefficient (Wildman–Crippen LogP) is 5.21. The van der Waals surface area contributed by atoms with Crippen molar-refractivity contribution in [2.24, 2.45) is 0 Å². The smallest absolute Gasteiger partial charge is 0.371 e. The Bertz CT molecular complexity index is 1620. The molecule has 0 fully saturated rings. The molecule has 0 aliphatic carbocycles. The summed E-state index contributed by atoms with van der Waals surface area (Å²) in [4.78, 5) is 0. The summed E-state index contributed by atoms with van der Waals surface area (Å²) in [5.74, 6) is -0.826. The summed E-state index contributed by atoms with van der Waals surface area (Å²) < 4.78 is 87.1. The first-order valence-electron chi connectivity index (χ1n) is 10.8. The lowest BCUT2D eigenvalue weighted by molar-refractivity contribution is -0.137. The molecule has 35 heavy (non-hydrogen) atoms. The molecule has 1 aliphatic rings. The van der Waals surface area contributed by atoms with E-state index < -0.39 is 38.7 Å². The standard InChI is InChI=1S/C23H21F4N5O2S/c1-5-35(33,34)31-10-9-13-14(7-6-8-17(13)31)18-15(24)11-16-20(19(18)23(25,26)27)32-12(2)29-30-21(32)22(3,4)28-16/h6-11,28H,5H2,1-4H3. The Morgan fingerprint density at radius 3 is 2.51 bits per heavy atom. The maximum absolute atomic E-state index is 15.6. The molecule has 0 unspecified atom stereocenters. The molecule has 0 saturated carbocycles. The van der Waals surface area contributed by atoms with Crippen molar-refractivity contribution in [2.45, 2.75) is 39.4 Å². The van der Waals surface area contributed by atoms with Gasteiger partial charge in [-0.3, -0.25) is 4.57 Å². The van der Waals surface area contributed by atoms with E-state index in [0.717, 1.165) is 10.0 Å². The molecule has 0 bridgehead atoms. The van der Waals surface area contributed by atoms with E-state index in [1.165, 1.54) is 48.9 Å². The van der Waals surface area contributed by atoms with Crippen LogP contribution in [0.15, 0.2) is 36.5 Å². The average molecular weight is 508 g/mol. The second-order valence-electron chi connectivity index (χ2n) is 8.91. The first-order chi connectivity index (χ1) is 16.3. The first-order valence-corrected chi connectivity index (χ1v) is 12.4. The highest BCUT2D eigenvalue weighted by molar-refractivity contribution is 7.90. The van der Waals surface area contributed by atoms with Gasteiger partial charge in [-0.05, 0) is 51.5 Å². The highest BCUT2D eigenvalue weighted by Gasteiger charge is 2.45. The zero-order valence-corrected chi connectivity index (χ0v) is 20.0. The maximum atomic E-state index is 15.6. The average Bonchev–Trinajstić information content (AvgIpc) is 3.37. The van der Waals surface area contributed by atoms with Gasteiger partial charge < -0.3 is 5.32 Å². The van der Waals surface area contributed by atoms with Gasteiger partial charge >= 0.3 is 6.18 Å². The SMILES string of the molecule is CCS(=O)(=O)n1ccc2c(-c3c(F)cc4c(c3C(F)(F)F)-n3c(C)nnc3C(C)(C)N4)cccc21. The zero-order chi connectivity index (χ0) is 25.5. The number of fused-ring (bicyclic) bond motifs is 4. The van der Waals surface area contributed by atoms with Gasteiger partial charge in [0.1, 0.15) is 11.6 Å². The molecule has 0 radical (unpaired) electrons. The number of rotatable bonds is 3. The largest absolute Gasteiger partial charge is 0.419 e. The number of nitrogens with zero attached hydrogens (tertiary/aromatic N) is 4. The summed E-state index contributed by atoms with van der Waals surface area (Å²) in [6.45, 7) is 6.42. The Morgan fingerprint density at radius 1 is 1.14 bits per heavy atom. The minimum Gasteiger partial charge on any atom is -0.371 e. The summed E-state index contributed by atoms with van der Waals surface area (Å²) in [5, 5.41) is 11.2. The van der Waals surface area contributed by atoms with E-state index in [0.29, 0.717) is 0 Å². The van der Waals surface area contributed by atoms with Crippen molar-refractivity contribution in [3.63, 3.8) is 0 Å². The number of nitrogens with one attached hydrogen (secondary N) is 1. The molecule has 12 heteroatoms. The summed E-state index contributed by atoms with van der Waals surface area (Å²) in [7, 11) is -3.72. The number of anilines is 1. The lowest BCUT2D eigenvalue weighted by atomic mass is 9.91. The Labute approximate surface area is 198 Å². The molecule has 2 aromatic carbocycles. The van der Waals surface area contributed by atoms with Gasteiger partial charge in [0.05, 0.1) is 33.7 Å². The molecule has 0 spiro atoms. The molecule has 1 N–H and O–H groups in total. The van der Waals surface area contributed by atoms with Crippen LogP contribution in [0.4, 0.5) is 23.2 Å². The van der Waals surface area contributed by atoms with E-state index in [9.17, 15) is 21.6 Å². The number of aromatic nitrogens is 4. The van der Waals surface area contributed by atoms with Crippen molar-refractivity contribution < 1.29 is 26.0 Å². The van der Waals surface area contributed by atoms with Crippen LogP contribution < -0.4 is 5.32 Å². The van der Waals surface area contributed by atoms with Crippen molar-refractivity contribution in [2.75, 3.05) is 11.1 Å². The molecule has 2 aromatic heterocycles. The number of alkyl halides is 3. The summed E-state index contributed by atoms with van der Waals surface area (Å²) in [5.41, 5.74) is -3.03. The fourth-order valence-electron chi connectivity index (χ4n) is 4.68. The Balaban J connectivity index is 1.91. The Kier molecular flexibility index (Phi) is 4.86. The van der Waals surface area contributed by atoms with Gasteiger partial charge in [-0.1, -0.05) is 12.1 Å². The molecule has 184 valence electrons. The van der Waals surface area contributed by atoms with Gasteiger partial charge in [0.15, 0.2) is 5.82 Å². The van der Waals surface area contributed by atoms with Gasteiger partial charge in [0.25, 0.3) is 0 Å². The van der Waals surface area contributed by atoms with Crippen LogP contribution in [0.25, 0.3) is 27.7 Å². The molecular weight excluding hydrogens is 486 g/mol. The summed E-state index contributed by atoms with van der Waals surface area (Å²) in [6.07, 6.45) is -3.69. The highest BCUT2D eigenvalue weighted by Crippen LogP contribution is 2.50. The van der Waals surface area contributed by atoms with E-state index >= 15 is 4.39 Å². The van der Waals surface area contributed by atoms with Gasteiger partial charge in [-0.25, -0.2) is 16.8 Å². The molecule has 4 aromatic rings. The monoisotopic (exact) mass is 507 g/mol. The van der Waals surface area contributed by atoms with Crippen molar-refractivity contribution in [3.8, 4) is 16.8 Å². The third kappa shape index (κ3) is 3.33. The number of benzene rings is 2. The van der Waals surface area contributed by atoms with Crippen LogP contribution >= 0.6 is 0 Å². The quantitative estimate of drug-likeness (QED) is 0.385. The third-order valence-corrected chi connectivity index (χ3v) is 7.87.